The number of allylic oxidation sites excluding steroid dienone is 2. The summed E-state index contributed by atoms with van der Waals surface area (Å²) < 4.78 is 17.9. The van der Waals surface area contributed by atoms with Crippen LogP contribution in [-0.2, 0) is 23.8 Å². The van der Waals surface area contributed by atoms with Gasteiger partial charge < -0.3 is 35.1 Å². The summed E-state index contributed by atoms with van der Waals surface area (Å²) in [5, 5.41) is 26.0. The Kier molecular flexibility index (Phi) is 11.1. The van der Waals surface area contributed by atoms with Gasteiger partial charge in [-0.15, -0.1) is 0 Å². The third-order valence-electron chi connectivity index (χ3n) is 7.56. The number of carbonyl (C=O) groups is 2. The van der Waals surface area contributed by atoms with Crippen LogP contribution in [0, 0.1) is 5.92 Å². The molecule has 0 aromatic carbocycles. The van der Waals surface area contributed by atoms with E-state index in [4.69, 9.17) is 14.2 Å². The lowest BCUT2D eigenvalue weighted by Gasteiger charge is -2.39. The highest BCUT2D eigenvalue weighted by molar-refractivity contribution is 5.87. The van der Waals surface area contributed by atoms with Crippen LogP contribution < -0.4 is 10.6 Å². The number of epoxide rings is 1. The van der Waals surface area contributed by atoms with E-state index >= 15 is 0 Å². The van der Waals surface area contributed by atoms with Crippen molar-refractivity contribution in [2.24, 2.45) is 5.92 Å². The molecule has 9 unspecified atom stereocenters. The Morgan fingerprint density at radius 3 is 2.61 bits per heavy atom. The Morgan fingerprint density at radius 1 is 1.21 bits per heavy atom. The molecule has 3 heterocycles. The SMILES string of the molecule is CCCNC(=O)CC1CC2(CO2)C(O)C(C=CC(C)=CCC2OC(C)C(NC(=O)C=CC(C)O)CC2C)O1. The standard InChI is InChI=1S/C29H46N2O7/c1-6-13-30-27(34)15-22-16-29(17-36-29)28(35)25(38-22)11-8-18(2)7-10-24-19(3)14-23(21(5)37-24)31-26(33)12-9-20(4)32/h7-9,11-12,19-25,28,32,35H,6,10,13-17H2,1-5H3,(H,30,34)(H,31,33). The van der Waals surface area contributed by atoms with Crippen LogP contribution in [0.1, 0.15) is 66.7 Å². The Bertz CT molecular complexity index is 895. The number of rotatable bonds is 11. The van der Waals surface area contributed by atoms with Crippen molar-refractivity contribution in [1.82, 2.24) is 10.6 Å². The molecule has 3 aliphatic heterocycles. The van der Waals surface area contributed by atoms with Gasteiger partial charge in [-0.1, -0.05) is 43.7 Å². The number of hydrogen-bond donors (Lipinski definition) is 4. The number of aliphatic hydroxyl groups excluding tert-OH is 2. The van der Waals surface area contributed by atoms with Crippen LogP contribution in [0.4, 0.5) is 0 Å². The monoisotopic (exact) mass is 534 g/mol. The highest BCUT2D eigenvalue weighted by atomic mass is 16.6. The summed E-state index contributed by atoms with van der Waals surface area (Å²) in [7, 11) is 0. The maximum Gasteiger partial charge on any atom is 0.244 e. The van der Waals surface area contributed by atoms with Crippen LogP contribution in [0.15, 0.2) is 36.0 Å². The van der Waals surface area contributed by atoms with Gasteiger partial charge in [-0.2, -0.15) is 0 Å². The Labute approximate surface area is 226 Å². The van der Waals surface area contributed by atoms with Gasteiger partial charge in [-0.3, -0.25) is 9.59 Å². The van der Waals surface area contributed by atoms with Crippen LogP contribution in [0.25, 0.3) is 0 Å². The van der Waals surface area contributed by atoms with E-state index < -0.39 is 23.9 Å². The number of ether oxygens (including phenoxy) is 3. The number of nitrogens with one attached hydrogen (secondary N) is 2. The zero-order chi connectivity index (χ0) is 27.9. The van der Waals surface area contributed by atoms with Gasteiger partial charge in [0.05, 0.1) is 43.5 Å². The molecular formula is C29H46N2O7. The summed E-state index contributed by atoms with van der Waals surface area (Å²) >= 11 is 0. The topological polar surface area (TPSA) is 130 Å². The Hall–Kier alpha value is -2.04. The first-order chi connectivity index (χ1) is 18.0. The predicted octanol–water partition coefficient (Wildman–Crippen LogP) is 2.32. The molecule has 0 aliphatic carbocycles. The lowest BCUT2D eigenvalue weighted by atomic mass is 9.87. The van der Waals surface area contributed by atoms with Gasteiger partial charge in [0.25, 0.3) is 0 Å². The molecule has 1 spiro atoms. The highest BCUT2D eigenvalue weighted by Gasteiger charge is 2.58. The molecule has 0 radical (unpaired) electrons. The van der Waals surface area contributed by atoms with Crippen LogP contribution in [0.5, 0.6) is 0 Å². The van der Waals surface area contributed by atoms with Crippen molar-refractivity contribution in [2.45, 2.75) is 115 Å². The summed E-state index contributed by atoms with van der Waals surface area (Å²) in [5.41, 5.74) is 0.414. The highest BCUT2D eigenvalue weighted by Crippen LogP contribution is 2.43. The molecule has 3 saturated heterocycles. The van der Waals surface area contributed by atoms with Crippen molar-refractivity contribution in [3.63, 3.8) is 0 Å². The summed E-state index contributed by atoms with van der Waals surface area (Å²) in [6, 6.07) is -0.0868. The molecule has 2 amide bonds. The minimum atomic E-state index is -0.772. The van der Waals surface area contributed by atoms with E-state index in [-0.39, 0.29) is 48.5 Å². The van der Waals surface area contributed by atoms with Crippen LogP contribution in [-0.4, -0.2) is 83.4 Å². The molecule has 0 bridgehead atoms. The van der Waals surface area contributed by atoms with Crippen molar-refractivity contribution < 1.29 is 34.0 Å². The van der Waals surface area contributed by atoms with Crippen molar-refractivity contribution in [3.8, 4) is 0 Å². The quantitative estimate of drug-likeness (QED) is 0.182. The number of hydrogen-bond acceptors (Lipinski definition) is 7. The maximum atomic E-state index is 12.2. The van der Waals surface area contributed by atoms with Crippen LogP contribution in [0.3, 0.4) is 0 Å². The van der Waals surface area contributed by atoms with E-state index in [0.717, 1.165) is 24.8 Å². The minimum absolute atomic E-state index is 0.0279. The van der Waals surface area contributed by atoms with Gasteiger partial charge in [0.1, 0.15) is 17.8 Å². The fourth-order valence-electron chi connectivity index (χ4n) is 5.13. The van der Waals surface area contributed by atoms with E-state index in [0.29, 0.717) is 19.6 Å². The number of amides is 2. The second-order valence-electron chi connectivity index (χ2n) is 11.1. The van der Waals surface area contributed by atoms with E-state index in [9.17, 15) is 19.8 Å². The molecule has 3 rings (SSSR count). The average Bonchev–Trinajstić information content (AvgIpc) is 3.63. The number of carbonyl (C=O) groups excluding carboxylic acids is 2. The zero-order valence-corrected chi connectivity index (χ0v) is 23.4. The second kappa shape index (κ2) is 13.8. The fourth-order valence-corrected chi connectivity index (χ4v) is 5.13. The van der Waals surface area contributed by atoms with Crippen molar-refractivity contribution >= 4 is 11.8 Å². The summed E-state index contributed by atoms with van der Waals surface area (Å²) in [4.78, 5) is 24.3. The second-order valence-corrected chi connectivity index (χ2v) is 11.1. The number of aliphatic hydroxyl groups is 2. The summed E-state index contributed by atoms with van der Waals surface area (Å²) in [6.07, 6.45) is 9.53. The van der Waals surface area contributed by atoms with Gasteiger partial charge in [-0.25, -0.2) is 0 Å². The van der Waals surface area contributed by atoms with Crippen molar-refractivity contribution in [3.05, 3.63) is 36.0 Å². The van der Waals surface area contributed by atoms with Crippen LogP contribution in [0.2, 0.25) is 0 Å². The summed E-state index contributed by atoms with van der Waals surface area (Å²) in [5.74, 6) is -0.0239. The van der Waals surface area contributed by atoms with Gasteiger partial charge in [0.2, 0.25) is 11.8 Å². The summed E-state index contributed by atoms with van der Waals surface area (Å²) in [6.45, 7) is 10.8. The molecule has 214 valence electrons. The predicted molar refractivity (Wildman–Crippen MR) is 144 cm³/mol. The molecule has 9 nitrogen and oxygen atoms in total. The van der Waals surface area contributed by atoms with Gasteiger partial charge in [0, 0.05) is 19.0 Å². The van der Waals surface area contributed by atoms with E-state index in [1.54, 1.807) is 6.92 Å². The Balaban J connectivity index is 1.52. The average molecular weight is 535 g/mol. The van der Waals surface area contributed by atoms with E-state index in [2.05, 4.69) is 23.6 Å². The third-order valence-corrected chi connectivity index (χ3v) is 7.56. The van der Waals surface area contributed by atoms with E-state index in [1.807, 2.05) is 32.9 Å². The fraction of sp³-hybridized carbons (Fsp3) is 0.724. The molecule has 38 heavy (non-hydrogen) atoms. The first-order valence-electron chi connectivity index (χ1n) is 13.9. The van der Waals surface area contributed by atoms with Gasteiger partial charge >= 0.3 is 0 Å². The van der Waals surface area contributed by atoms with Gasteiger partial charge in [0.15, 0.2) is 0 Å². The zero-order valence-electron chi connectivity index (χ0n) is 23.4. The molecule has 3 aliphatic rings. The molecule has 9 heteroatoms. The largest absolute Gasteiger partial charge is 0.389 e. The lowest BCUT2D eigenvalue weighted by Crippen LogP contribution is -2.50. The Morgan fingerprint density at radius 2 is 1.95 bits per heavy atom. The molecule has 0 aromatic rings. The first-order valence-corrected chi connectivity index (χ1v) is 13.9. The molecular weight excluding hydrogens is 488 g/mol. The molecule has 9 atom stereocenters. The minimum Gasteiger partial charge on any atom is -0.389 e. The molecule has 4 N–H and O–H groups in total. The van der Waals surface area contributed by atoms with E-state index in [1.165, 1.54) is 12.2 Å². The normalized spacial score (nSPS) is 36.5. The molecule has 0 aromatic heterocycles. The maximum absolute atomic E-state index is 12.2. The molecule has 3 fully saturated rings. The van der Waals surface area contributed by atoms with Gasteiger partial charge in [-0.05, 0) is 46.0 Å². The molecule has 0 saturated carbocycles. The van der Waals surface area contributed by atoms with Crippen molar-refractivity contribution in [2.75, 3.05) is 13.2 Å². The lowest BCUT2D eigenvalue weighted by molar-refractivity contribution is -0.145. The van der Waals surface area contributed by atoms with Crippen LogP contribution >= 0.6 is 0 Å². The van der Waals surface area contributed by atoms with Crippen molar-refractivity contribution in [1.29, 1.82) is 0 Å². The third kappa shape index (κ3) is 8.74. The smallest absolute Gasteiger partial charge is 0.244 e. The first kappa shape index (κ1) is 30.5.